The number of piperidine rings is 1. The Morgan fingerprint density at radius 3 is 2.32 bits per heavy atom. The van der Waals surface area contributed by atoms with Crippen LogP contribution in [0.5, 0.6) is 0 Å². The fourth-order valence-electron chi connectivity index (χ4n) is 2.75. The molecule has 1 aromatic rings. The Bertz CT molecular complexity index is 706. The van der Waals surface area contributed by atoms with Crippen molar-refractivity contribution in [3.05, 3.63) is 29.8 Å². The highest BCUT2D eigenvalue weighted by Crippen LogP contribution is 2.25. The van der Waals surface area contributed by atoms with Crippen molar-refractivity contribution in [1.29, 1.82) is 0 Å². The highest BCUT2D eigenvalue weighted by molar-refractivity contribution is 7.86. The smallest absolute Gasteiger partial charge is 0.410 e. The van der Waals surface area contributed by atoms with E-state index in [1.54, 1.807) is 29.2 Å². The van der Waals surface area contributed by atoms with E-state index in [1.807, 2.05) is 34.6 Å². The van der Waals surface area contributed by atoms with Crippen molar-refractivity contribution in [1.82, 2.24) is 4.90 Å². The summed E-state index contributed by atoms with van der Waals surface area (Å²) in [5.74, 6) is 0. The second-order valence-corrected chi connectivity index (χ2v) is 9.10. The van der Waals surface area contributed by atoms with Crippen molar-refractivity contribution in [2.75, 3.05) is 6.54 Å². The van der Waals surface area contributed by atoms with E-state index >= 15 is 0 Å². The van der Waals surface area contributed by atoms with Crippen LogP contribution in [-0.2, 0) is 19.0 Å². The molecule has 1 heterocycles. The van der Waals surface area contributed by atoms with Crippen LogP contribution in [0.15, 0.2) is 29.2 Å². The van der Waals surface area contributed by atoms with Crippen LogP contribution < -0.4 is 0 Å². The summed E-state index contributed by atoms with van der Waals surface area (Å²) in [6, 6.07) is 6.42. The maximum absolute atomic E-state index is 12.4. The molecule has 140 valence electrons. The van der Waals surface area contributed by atoms with Crippen molar-refractivity contribution >= 4 is 16.2 Å². The van der Waals surface area contributed by atoms with Crippen LogP contribution in [0, 0.1) is 6.92 Å². The molecule has 0 N–H and O–H groups in total. The third-order valence-corrected chi connectivity index (χ3v) is 5.40. The zero-order valence-corrected chi connectivity index (χ0v) is 16.3. The highest BCUT2D eigenvalue weighted by Gasteiger charge is 2.34. The number of nitrogens with zero attached hydrogens (tertiary/aromatic N) is 1. The summed E-state index contributed by atoms with van der Waals surface area (Å²) < 4.78 is 35.6. The number of hydrogen-bond donors (Lipinski definition) is 0. The first-order valence-corrected chi connectivity index (χ1v) is 9.88. The number of hydrogen-bond acceptors (Lipinski definition) is 5. The van der Waals surface area contributed by atoms with Gasteiger partial charge in [0, 0.05) is 12.6 Å². The first kappa shape index (κ1) is 19.7. The topological polar surface area (TPSA) is 72.9 Å². The fraction of sp³-hybridized carbons (Fsp3) is 0.611. The van der Waals surface area contributed by atoms with Gasteiger partial charge >= 0.3 is 6.09 Å². The van der Waals surface area contributed by atoms with Crippen LogP contribution in [0.4, 0.5) is 4.79 Å². The Kier molecular flexibility index (Phi) is 5.79. The molecule has 1 aromatic carbocycles. The van der Waals surface area contributed by atoms with E-state index in [2.05, 4.69) is 0 Å². The molecule has 1 aliphatic heterocycles. The minimum Gasteiger partial charge on any atom is -0.444 e. The molecule has 0 saturated carbocycles. The molecule has 0 aliphatic carbocycles. The maximum atomic E-state index is 12.4. The van der Waals surface area contributed by atoms with Gasteiger partial charge in [0.25, 0.3) is 10.1 Å². The number of amides is 1. The van der Waals surface area contributed by atoms with Gasteiger partial charge in [0.1, 0.15) is 5.60 Å². The fourth-order valence-corrected chi connectivity index (χ4v) is 3.86. The van der Waals surface area contributed by atoms with Crippen molar-refractivity contribution < 1.29 is 22.1 Å². The molecule has 25 heavy (non-hydrogen) atoms. The van der Waals surface area contributed by atoms with E-state index in [0.717, 1.165) is 5.56 Å². The summed E-state index contributed by atoms with van der Waals surface area (Å²) >= 11 is 0. The number of rotatable bonds is 3. The second kappa shape index (κ2) is 7.33. The lowest BCUT2D eigenvalue weighted by atomic mass is 10.0. The van der Waals surface area contributed by atoms with Gasteiger partial charge in [-0.15, -0.1) is 0 Å². The van der Waals surface area contributed by atoms with Crippen LogP contribution in [0.3, 0.4) is 0 Å². The van der Waals surface area contributed by atoms with E-state index in [4.69, 9.17) is 8.92 Å². The number of likely N-dealkylation sites (tertiary alicyclic amines) is 1. The van der Waals surface area contributed by atoms with Crippen molar-refractivity contribution in [2.45, 2.75) is 70.1 Å². The lowest BCUT2D eigenvalue weighted by molar-refractivity contribution is -0.000142. The van der Waals surface area contributed by atoms with Crippen molar-refractivity contribution in [3.63, 3.8) is 0 Å². The minimum absolute atomic E-state index is 0.151. The average Bonchev–Trinajstić information content (AvgIpc) is 2.45. The third-order valence-electron chi connectivity index (χ3n) is 4.03. The number of benzene rings is 1. The summed E-state index contributed by atoms with van der Waals surface area (Å²) in [4.78, 5) is 14.0. The molecule has 0 aromatic heterocycles. The normalized spacial score (nSPS) is 21.9. The molecule has 6 nitrogen and oxygen atoms in total. The maximum Gasteiger partial charge on any atom is 0.410 e. The summed E-state index contributed by atoms with van der Waals surface area (Å²) in [5.41, 5.74) is 0.428. The van der Waals surface area contributed by atoms with Crippen LogP contribution in [-0.4, -0.2) is 43.7 Å². The van der Waals surface area contributed by atoms with Crippen LogP contribution in [0.25, 0.3) is 0 Å². The summed E-state index contributed by atoms with van der Waals surface area (Å²) in [6.45, 7) is 9.63. The molecule has 0 unspecified atom stereocenters. The number of aryl methyl sites for hydroxylation is 1. The van der Waals surface area contributed by atoms with Gasteiger partial charge in [-0.1, -0.05) is 17.7 Å². The second-order valence-electron chi connectivity index (χ2n) is 7.53. The van der Waals surface area contributed by atoms with Gasteiger partial charge in [-0.2, -0.15) is 8.42 Å². The average molecular weight is 369 g/mol. The molecule has 1 aliphatic rings. The lowest BCUT2D eigenvalue weighted by Crippen LogP contribution is -2.48. The van der Waals surface area contributed by atoms with Gasteiger partial charge in [0.15, 0.2) is 0 Å². The molecule has 2 atom stereocenters. The Labute approximate surface area is 150 Å². The van der Waals surface area contributed by atoms with Gasteiger partial charge in [0.2, 0.25) is 0 Å². The van der Waals surface area contributed by atoms with E-state index < -0.39 is 21.8 Å². The van der Waals surface area contributed by atoms with Gasteiger partial charge in [-0.05, 0) is 59.6 Å². The Morgan fingerprint density at radius 1 is 1.20 bits per heavy atom. The predicted octanol–water partition coefficient (Wildman–Crippen LogP) is 3.49. The zero-order chi connectivity index (χ0) is 18.8. The molecule has 2 rings (SSSR count). The van der Waals surface area contributed by atoms with E-state index in [-0.39, 0.29) is 17.0 Å². The Morgan fingerprint density at radius 2 is 1.80 bits per heavy atom. The molecule has 0 radical (unpaired) electrons. The largest absolute Gasteiger partial charge is 0.444 e. The quantitative estimate of drug-likeness (QED) is 0.763. The standard InChI is InChI=1S/C18H27NO5S/c1-13-6-8-16(9-7-13)25(21,22)24-15-10-11-19(14(2)12-15)17(20)23-18(3,4)5/h6-9,14-15H,10-12H2,1-5H3/t14-,15-/m1/s1. The Balaban J connectivity index is 1.99. The lowest BCUT2D eigenvalue weighted by Gasteiger charge is -2.37. The minimum atomic E-state index is -3.80. The van der Waals surface area contributed by atoms with Crippen LogP contribution in [0.1, 0.15) is 46.1 Å². The third kappa shape index (κ3) is 5.44. The van der Waals surface area contributed by atoms with E-state index in [0.29, 0.717) is 19.4 Å². The summed E-state index contributed by atoms with van der Waals surface area (Å²) in [5, 5.41) is 0. The zero-order valence-electron chi connectivity index (χ0n) is 15.5. The van der Waals surface area contributed by atoms with Gasteiger partial charge < -0.3 is 9.64 Å². The predicted molar refractivity (Wildman–Crippen MR) is 94.9 cm³/mol. The SMILES string of the molecule is Cc1ccc(S(=O)(=O)O[C@@H]2CCN(C(=O)OC(C)(C)C)[C@H](C)C2)cc1. The van der Waals surface area contributed by atoms with Gasteiger partial charge in [0.05, 0.1) is 11.0 Å². The van der Waals surface area contributed by atoms with Crippen LogP contribution in [0.2, 0.25) is 0 Å². The highest BCUT2D eigenvalue weighted by atomic mass is 32.2. The Hall–Kier alpha value is -1.60. The molecule has 7 heteroatoms. The number of ether oxygens (including phenoxy) is 1. The summed E-state index contributed by atoms with van der Waals surface area (Å²) in [6.07, 6.45) is 0.0822. The van der Waals surface area contributed by atoms with E-state index in [1.165, 1.54) is 0 Å². The van der Waals surface area contributed by atoms with E-state index in [9.17, 15) is 13.2 Å². The number of carbonyl (C=O) groups is 1. The molecule has 1 amide bonds. The first-order chi connectivity index (χ1) is 11.5. The monoisotopic (exact) mass is 369 g/mol. The van der Waals surface area contributed by atoms with Crippen molar-refractivity contribution in [2.24, 2.45) is 0 Å². The molecule has 0 spiro atoms. The first-order valence-electron chi connectivity index (χ1n) is 8.47. The van der Waals surface area contributed by atoms with Crippen molar-refractivity contribution in [3.8, 4) is 0 Å². The molecule has 1 fully saturated rings. The van der Waals surface area contributed by atoms with Gasteiger partial charge in [-0.25, -0.2) is 4.79 Å². The van der Waals surface area contributed by atoms with Gasteiger partial charge in [-0.3, -0.25) is 4.18 Å². The molecular formula is C18H27NO5S. The van der Waals surface area contributed by atoms with Crippen LogP contribution >= 0.6 is 0 Å². The summed E-state index contributed by atoms with van der Waals surface area (Å²) in [7, 11) is -3.80. The molecular weight excluding hydrogens is 342 g/mol. The number of carbonyl (C=O) groups excluding carboxylic acids is 1. The molecule has 1 saturated heterocycles. The molecule has 0 bridgehead atoms.